The van der Waals surface area contributed by atoms with Gasteiger partial charge in [-0.1, -0.05) is 0 Å². The normalized spacial score (nSPS) is 10.9. The van der Waals surface area contributed by atoms with Crippen molar-refractivity contribution < 1.29 is 14.7 Å². The van der Waals surface area contributed by atoms with Crippen molar-refractivity contribution in [3.63, 3.8) is 0 Å². The van der Waals surface area contributed by atoms with Gasteiger partial charge in [0.25, 0.3) is 0 Å². The second kappa shape index (κ2) is 6.64. The van der Waals surface area contributed by atoms with Gasteiger partial charge < -0.3 is 20.7 Å². The van der Waals surface area contributed by atoms with Crippen LogP contribution >= 0.6 is 0 Å². The average Bonchev–Trinajstić information content (AvgIpc) is 2.80. The Morgan fingerprint density at radius 2 is 1.91 bits per heavy atom. The van der Waals surface area contributed by atoms with Gasteiger partial charge in [-0.25, -0.2) is 9.97 Å². The van der Waals surface area contributed by atoms with E-state index in [2.05, 4.69) is 15.3 Å². The highest BCUT2D eigenvalue weighted by Gasteiger charge is 2.15. The van der Waals surface area contributed by atoms with Crippen molar-refractivity contribution in [2.45, 2.75) is 40.2 Å². The Morgan fingerprint density at radius 1 is 1.22 bits per heavy atom. The van der Waals surface area contributed by atoms with Gasteiger partial charge >= 0.3 is 5.97 Å². The molecular weight excluding hydrogens is 298 g/mol. The number of imidazole rings is 1. The number of nitrogens with one attached hydrogen (secondary N) is 1. The van der Waals surface area contributed by atoms with Gasteiger partial charge in [-0.15, -0.1) is 0 Å². The van der Waals surface area contributed by atoms with Crippen molar-refractivity contribution in [2.24, 2.45) is 0 Å². The summed E-state index contributed by atoms with van der Waals surface area (Å²) in [4.78, 5) is 30.8. The maximum absolute atomic E-state index is 11.6. The molecule has 0 fully saturated rings. The van der Waals surface area contributed by atoms with E-state index in [1.54, 1.807) is 0 Å². The third-order valence-electron chi connectivity index (χ3n) is 3.81. The van der Waals surface area contributed by atoms with Crippen LogP contribution in [0.1, 0.15) is 29.9 Å². The molecule has 0 radical (unpaired) electrons. The number of nitrogen functional groups attached to an aromatic ring is 1. The van der Waals surface area contributed by atoms with Crippen LogP contribution < -0.4 is 11.1 Å². The second-order valence-electron chi connectivity index (χ2n) is 5.46. The summed E-state index contributed by atoms with van der Waals surface area (Å²) in [5, 5.41) is 11.3. The van der Waals surface area contributed by atoms with Gasteiger partial charge in [-0.3, -0.25) is 9.59 Å². The van der Waals surface area contributed by atoms with E-state index < -0.39 is 5.97 Å². The number of rotatable bonds is 6. The molecule has 1 amide bonds. The van der Waals surface area contributed by atoms with Crippen LogP contribution in [0.15, 0.2) is 0 Å². The first-order valence-electron chi connectivity index (χ1n) is 7.39. The number of nitrogens with two attached hydrogens (primary N) is 1. The lowest BCUT2D eigenvalue weighted by Crippen LogP contribution is -2.27. The van der Waals surface area contributed by atoms with Crippen molar-refractivity contribution >= 4 is 28.7 Å². The molecule has 2 rings (SSSR count). The molecular formula is C15H21N5O3. The van der Waals surface area contributed by atoms with E-state index in [1.807, 2.05) is 25.3 Å². The number of carboxylic acids is 1. The van der Waals surface area contributed by atoms with Crippen LogP contribution in [0.25, 0.3) is 11.0 Å². The fraction of sp³-hybridized carbons (Fsp3) is 0.467. The molecule has 0 atom stereocenters. The minimum Gasteiger partial charge on any atom is -0.481 e. The predicted molar refractivity (Wildman–Crippen MR) is 86.0 cm³/mol. The molecule has 0 aromatic carbocycles. The Labute approximate surface area is 133 Å². The van der Waals surface area contributed by atoms with Gasteiger partial charge in [0, 0.05) is 25.2 Å². The Bertz CT molecular complexity index is 766. The van der Waals surface area contributed by atoms with Crippen molar-refractivity contribution in [2.75, 3.05) is 12.3 Å². The number of carbonyl (C=O) groups is 2. The molecule has 0 aliphatic rings. The SMILES string of the molecule is Cc1nc(N)c2nc(C)n(CCNC(=O)CCC(=O)O)c2c1C. The van der Waals surface area contributed by atoms with Gasteiger partial charge in [0.1, 0.15) is 11.3 Å². The van der Waals surface area contributed by atoms with Gasteiger partial charge in [0.2, 0.25) is 5.91 Å². The summed E-state index contributed by atoms with van der Waals surface area (Å²) in [7, 11) is 0. The molecule has 0 saturated heterocycles. The van der Waals surface area contributed by atoms with Crippen LogP contribution in [0, 0.1) is 20.8 Å². The molecule has 2 aromatic rings. The molecule has 4 N–H and O–H groups in total. The smallest absolute Gasteiger partial charge is 0.303 e. The summed E-state index contributed by atoms with van der Waals surface area (Å²) < 4.78 is 1.99. The summed E-state index contributed by atoms with van der Waals surface area (Å²) in [6.45, 7) is 6.66. The molecule has 2 aromatic heterocycles. The molecule has 23 heavy (non-hydrogen) atoms. The highest BCUT2D eigenvalue weighted by atomic mass is 16.4. The number of pyridine rings is 1. The maximum atomic E-state index is 11.6. The molecule has 0 aliphatic carbocycles. The second-order valence-corrected chi connectivity index (χ2v) is 5.46. The zero-order chi connectivity index (χ0) is 17.1. The van der Waals surface area contributed by atoms with Crippen molar-refractivity contribution in [3.05, 3.63) is 17.1 Å². The first kappa shape index (κ1) is 16.7. The van der Waals surface area contributed by atoms with Crippen molar-refractivity contribution in [3.8, 4) is 0 Å². The Balaban J connectivity index is 2.13. The monoisotopic (exact) mass is 319 g/mol. The van der Waals surface area contributed by atoms with Crippen LogP contribution in [0.3, 0.4) is 0 Å². The van der Waals surface area contributed by atoms with Gasteiger partial charge in [0.15, 0.2) is 5.82 Å². The maximum Gasteiger partial charge on any atom is 0.303 e. The predicted octanol–water partition coefficient (Wildman–Crippen LogP) is 0.920. The first-order valence-corrected chi connectivity index (χ1v) is 7.39. The number of fused-ring (bicyclic) bond motifs is 1. The van der Waals surface area contributed by atoms with Gasteiger partial charge in [-0.2, -0.15) is 0 Å². The minimum absolute atomic E-state index is 0.0198. The number of aliphatic carboxylic acids is 1. The Kier molecular flexibility index (Phi) is 4.83. The molecule has 0 saturated carbocycles. The lowest BCUT2D eigenvalue weighted by atomic mass is 10.2. The van der Waals surface area contributed by atoms with Crippen LogP contribution in [-0.2, 0) is 16.1 Å². The number of aromatic nitrogens is 3. The number of hydrogen-bond donors (Lipinski definition) is 3. The van der Waals surface area contributed by atoms with Crippen molar-refractivity contribution in [1.29, 1.82) is 0 Å². The first-order chi connectivity index (χ1) is 10.8. The van der Waals surface area contributed by atoms with Crippen LogP contribution in [0.5, 0.6) is 0 Å². The van der Waals surface area contributed by atoms with E-state index >= 15 is 0 Å². The minimum atomic E-state index is -0.981. The average molecular weight is 319 g/mol. The number of amides is 1. The number of anilines is 1. The van der Waals surface area contributed by atoms with Crippen LogP contribution in [0.2, 0.25) is 0 Å². The fourth-order valence-corrected chi connectivity index (χ4v) is 2.50. The standard InChI is InChI=1S/C15H21N5O3/c1-8-9(2)18-15(16)13-14(8)20(10(3)19-13)7-6-17-11(21)4-5-12(22)23/h4-7H2,1-3H3,(H2,16,18)(H,17,21)(H,22,23). The zero-order valence-corrected chi connectivity index (χ0v) is 13.5. The molecule has 0 spiro atoms. The third-order valence-corrected chi connectivity index (χ3v) is 3.81. The highest BCUT2D eigenvalue weighted by Crippen LogP contribution is 2.25. The molecule has 8 nitrogen and oxygen atoms in total. The molecule has 0 unspecified atom stereocenters. The van der Waals surface area contributed by atoms with E-state index in [-0.39, 0.29) is 18.7 Å². The van der Waals surface area contributed by atoms with Crippen LogP contribution in [-0.4, -0.2) is 38.1 Å². The topological polar surface area (TPSA) is 123 Å². The van der Waals surface area contributed by atoms with E-state index in [0.717, 1.165) is 22.6 Å². The van der Waals surface area contributed by atoms with E-state index in [0.29, 0.717) is 24.4 Å². The van der Waals surface area contributed by atoms with E-state index in [1.165, 1.54) is 0 Å². The number of hydrogen-bond acceptors (Lipinski definition) is 5. The molecule has 8 heteroatoms. The summed E-state index contributed by atoms with van der Waals surface area (Å²) in [6.07, 6.45) is -0.187. The van der Waals surface area contributed by atoms with E-state index in [4.69, 9.17) is 10.8 Å². The number of nitrogens with zero attached hydrogens (tertiary/aromatic N) is 3. The lowest BCUT2D eigenvalue weighted by molar-refractivity contribution is -0.138. The summed E-state index contributed by atoms with van der Waals surface area (Å²) in [5.74, 6) is -0.0633. The lowest BCUT2D eigenvalue weighted by Gasteiger charge is -2.11. The van der Waals surface area contributed by atoms with Gasteiger partial charge in [-0.05, 0) is 26.3 Å². The van der Waals surface area contributed by atoms with Crippen LogP contribution in [0.4, 0.5) is 5.82 Å². The largest absolute Gasteiger partial charge is 0.481 e. The summed E-state index contributed by atoms with van der Waals surface area (Å²) in [6, 6.07) is 0. The number of carbonyl (C=O) groups excluding carboxylic acids is 1. The number of aryl methyl sites for hydroxylation is 3. The Hall–Kier alpha value is -2.64. The van der Waals surface area contributed by atoms with Crippen molar-refractivity contribution in [1.82, 2.24) is 19.9 Å². The zero-order valence-electron chi connectivity index (χ0n) is 13.5. The number of carboxylic acid groups (broad SMARTS) is 1. The quantitative estimate of drug-likeness (QED) is 0.727. The molecule has 2 heterocycles. The summed E-state index contributed by atoms with van der Waals surface area (Å²) >= 11 is 0. The van der Waals surface area contributed by atoms with E-state index in [9.17, 15) is 9.59 Å². The highest BCUT2D eigenvalue weighted by molar-refractivity contribution is 5.88. The molecule has 0 aliphatic heterocycles. The Morgan fingerprint density at radius 3 is 2.57 bits per heavy atom. The fourth-order valence-electron chi connectivity index (χ4n) is 2.50. The van der Waals surface area contributed by atoms with Gasteiger partial charge in [0.05, 0.1) is 11.9 Å². The molecule has 124 valence electrons. The molecule has 0 bridgehead atoms. The third kappa shape index (κ3) is 3.58. The summed E-state index contributed by atoms with van der Waals surface area (Å²) in [5.41, 5.74) is 9.39.